The van der Waals surface area contributed by atoms with Gasteiger partial charge in [0.1, 0.15) is 0 Å². The van der Waals surface area contributed by atoms with E-state index < -0.39 is 21.6 Å². The zero-order chi connectivity index (χ0) is 10.3. The molecule has 0 rings (SSSR count). The molecule has 0 saturated heterocycles. The van der Waals surface area contributed by atoms with Crippen LogP contribution < -0.4 is 0 Å². The number of esters is 1. The van der Waals surface area contributed by atoms with Gasteiger partial charge in [-0.3, -0.25) is 0 Å². The normalized spacial score (nSPS) is 12.8. The predicted octanol–water partition coefficient (Wildman–Crippen LogP) is 0.393. The van der Waals surface area contributed by atoms with Crippen molar-refractivity contribution in [3.63, 3.8) is 0 Å². The van der Waals surface area contributed by atoms with Crippen LogP contribution in [0.4, 0.5) is 0 Å². The number of hydrogen-bond donors (Lipinski definition) is 0. The fourth-order valence-electron chi connectivity index (χ4n) is 0.929. The number of rotatable bonds is 5. The van der Waals surface area contributed by atoms with Crippen LogP contribution in [-0.4, -0.2) is 39.6 Å². The molecule has 0 aliphatic carbocycles. The Morgan fingerprint density at radius 1 is 1.31 bits per heavy atom. The first-order chi connectivity index (χ1) is 6.02. The third kappa shape index (κ3) is 9.65. The molecule has 0 aliphatic rings. The Hall–Kier alpha value is -0.261. The molecule has 76 valence electrons. The van der Waals surface area contributed by atoms with Gasteiger partial charge in [-0.05, 0) is 0 Å². The van der Waals surface area contributed by atoms with Crippen molar-refractivity contribution in [2.75, 3.05) is 0 Å². The molecule has 0 amide bonds. The van der Waals surface area contributed by atoms with Gasteiger partial charge in [0.15, 0.2) is 0 Å². The van der Waals surface area contributed by atoms with Gasteiger partial charge in [0.05, 0.1) is 0 Å². The Balaban J connectivity index is 3.31. The first-order valence-corrected chi connectivity index (χ1v) is 8.83. The maximum atomic E-state index is 10.5. The Labute approximate surface area is 88.7 Å². The Bertz CT molecular complexity index is 181. The fraction of sp³-hybridized carbons (Fsp3) is 0.750. The number of ether oxygens (including phenoxy) is 1. The van der Waals surface area contributed by atoms with Crippen molar-refractivity contribution in [2.24, 2.45) is 0 Å². The Morgan fingerprint density at radius 2 is 1.92 bits per heavy atom. The van der Waals surface area contributed by atoms with E-state index in [0.717, 1.165) is 10.9 Å². The van der Waals surface area contributed by atoms with Gasteiger partial charge in [-0.25, -0.2) is 0 Å². The fourth-order valence-corrected chi connectivity index (χ4v) is 4.28. The summed E-state index contributed by atoms with van der Waals surface area (Å²) in [7, 11) is 0. The van der Waals surface area contributed by atoms with E-state index in [1.54, 1.807) is 0 Å². The molecule has 0 saturated carbocycles. The third-order valence-electron chi connectivity index (χ3n) is 1.43. The molecule has 1 unspecified atom stereocenters. The van der Waals surface area contributed by atoms with Crippen LogP contribution in [0.2, 0.25) is 4.44 Å². The van der Waals surface area contributed by atoms with Gasteiger partial charge in [0.25, 0.3) is 0 Å². The summed E-state index contributed by atoms with van der Waals surface area (Å²) in [6.45, 7) is 4.67. The molecule has 0 aromatic carbocycles. The number of carbonyl (C=O) groups is 2. The molecule has 13 heavy (non-hydrogen) atoms. The van der Waals surface area contributed by atoms with Crippen LogP contribution in [0.5, 0.6) is 0 Å². The van der Waals surface area contributed by atoms with Gasteiger partial charge in [0.2, 0.25) is 0 Å². The molecule has 0 aromatic heterocycles. The van der Waals surface area contributed by atoms with Gasteiger partial charge in [-0.1, -0.05) is 0 Å². The van der Waals surface area contributed by atoms with Crippen molar-refractivity contribution in [1.29, 1.82) is 0 Å². The minimum absolute atomic E-state index is 0.0511. The summed E-state index contributed by atoms with van der Waals surface area (Å²) in [6, 6.07) is 0. The molecule has 1 atom stereocenters. The van der Waals surface area contributed by atoms with Crippen LogP contribution in [0.15, 0.2) is 0 Å². The number of carbonyl (C=O) groups excluding carboxylic acids is 2. The first-order valence-electron chi connectivity index (χ1n) is 4.33. The van der Waals surface area contributed by atoms with Crippen LogP contribution >= 0.6 is 0 Å². The zero-order valence-electron chi connectivity index (χ0n) is 8.33. The van der Waals surface area contributed by atoms with Gasteiger partial charge in [-0.15, -0.1) is 0 Å². The molecule has 0 spiro atoms. The van der Waals surface area contributed by atoms with Gasteiger partial charge >= 0.3 is 88.6 Å². The molecule has 0 aliphatic heterocycles. The van der Waals surface area contributed by atoms with E-state index in [4.69, 9.17) is 7.81 Å². The van der Waals surface area contributed by atoms with Crippen LogP contribution in [0.25, 0.3) is 0 Å². The summed E-state index contributed by atoms with van der Waals surface area (Å²) in [5, 5.41) is 0. The second kappa shape index (κ2) is 7.17. The van der Waals surface area contributed by atoms with E-state index in [-0.39, 0.29) is 18.0 Å². The molecule has 5 heteroatoms. The van der Waals surface area contributed by atoms with Crippen molar-refractivity contribution < 1.29 is 17.4 Å². The summed E-state index contributed by atoms with van der Waals surface area (Å²) in [4.78, 5) is 20.9. The van der Waals surface area contributed by atoms with Crippen LogP contribution in [0.1, 0.15) is 27.2 Å². The zero-order valence-corrected chi connectivity index (χ0v) is 12.4. The van der Waals surface area contributed by atoms with Crippen molar-refractivity contribution in [3.05, 3.63) is 0 Å². The maximum absolute atomic E-state index is 10.5. The SMILES string of the molecule is CC(=O)[O][SnH2][CH2]CC(C)OC(C)=O. The second-order valence-corrected chi connectivity index (χ2v) is 6.91. The molecular weight excluding hydrogens is 279 g/mol. The molecule has 0 heterocycles. The molecule has 0 N–H and O–H groups in total. The summed E-state index contributed by atoms with van der Waals surface area (Å²) in [5.41, 5.74) is 0. The van der Waals surface area contributed by atoms with Gasteiger partial charge < -0.3 is 0 Å². The van der Waals surface area contributed by atoms with Crippen molar-refractivity contribution in [1.82, 2.24) is 0 Å². The van der Waals surface area contributed by atoms with E-state index in [0.29, 0.717) is 0 Å². The van der Waals surface area contributed by atoms with E-state index in [1.807, 2.05) is 6.92 Å². The molecule has 0 fully saturated rings. The van der Waals surface area contributed by atoms with E-state index in [1.165, 1.54) is 13.8 Å². The minimum atomic E-state index is -1.34. The average Bonchev–Trinajstić information content (AvgIpc) is 1.96. The monoisotopic (exact) mass is 296 g/mol. The van der Waals surface area contributed by atoms with Crippen molar-refractivity contribution >= 4 is 33.5 Å². The summed E-state index contributed by atoms with van der Waals surface area (Å²) in [5.74, 6) is -0.439. The molecule has 0 aromatic rings. The van der Waals surface area contributed by atoms with Crippen LogP contribution in [-0.2, 0) is 17.4 Å². The van der Waals surface area contributed by atoms with Crippen LogP contribution in [0.3, 0.4) is 0 Å². The van der Waals surface area contributed by atoms with Gasteiger partial charge in [0, 0.05) is 0 Å². The van der Waals surface area contributed by atoms with Gasteiger partial charge in [-0.2, -0.15) is 0 Å². The quantitative estimate of drug-likeness (QED) is 0.418. The van der Waals surface area contributed by atoms with Crippen LogP contribution in [0, 0.1) is 0 Å². The Morgan fingerprint density at radius 3 is 2.38 bits per heavy atom. The molecule has 0 radical (unpaired) electrons. The van der Waals surface area contributed by atoms with Crippen molar-refractivity contribution in [3.8, 4) is 0 Å². The average molecular weight is 295 g/mol. The Kier molecular flexibility index (Phi) is 7.03. The predicted molar refractivity (Wildman–Crippen MR) is 51.0 cm³/mol. The second-order valence-electron chi connectivity index (χ2n) is 2.90. The van der Waals surface area contributed by atoms with E-state index in [9.17, 15) is 9.59 Å². The van der Waals surface area contributed by atoms with E-state index >= 15 is 0 Å². The van der Waals surface area contributed by atoms with Crippen molar-refractivity contribution in [2.45, 2.75) is 37.7 Å². The standard InChI is InChI=1S/C6H11O2.C2H4O2.Sn.2H/c1-4-5(2)8-6(3)7;1-2(3)4;;;/h5H,1,4H2,2-3H3;1H3,(H,3,4);;;/q;;+1;;/p-1. The van der Waals surface area contributed by atoms with E-state index in [2.05, 4.69) is 0 Å². The topological polar surface area (TPSA) is 52.6 Å². The number of hydrogen-bond acceptors (Lipinski definition) is 4. The summed E-state index contributed by atoms with van der Waals surface area (Å²) >= 11 is -1.34. The molecular formula is C8H16O4Sn. The third-order valence-corrected chi connectivity index (χ3v) is 5.16. The molecule has 0 bridgehead atoms. The molecule has 4 nitrogen and oxygen atoms in total. The summed E-state index contributed by atoms with van der Waals surface area (Å²) in [6.07, 6.45) is 0.757. The first kappa shape index (κ1) is 12.7. The summed E-state index contributed by atoms with van der Waals surface area (Å²) < 4.78 is 10.8.